The molecule has 1 saturated carbocycles. The summed E-state index contributed by atoms with van der Waals surface area (Å²) in [5.41, 5.74) is 1.97. The number of hydrogen-bond acceptors (Lipinski definition) is 2. The number of rotatable bonds is 4. The number of aromatic nitrogens is 1. The zero-order valence-corrected chi connectivity index (χ0v) is 10.8. The third-order valence-electron chi connectivity index (χ3n) is 3.41. The maximum Gasteiger partial charge on any atom is 0.152 e. The van der Waals surface area contributed by atoms with Crippen LogP contribution in [0.4, 0.5) is 14.5 Å². The van der Waals surface area contributed by atoms with E-state index in [0.717, 1.165) is 43.3 Å². The summed E-state index contributed by atoms with van der Waals surface area (Å²) < 4.78 is 27.3. The molecule has 1 aromatic carbocycles. The standard InChI is InChI=1S/C15H16F2N2/c1-2-5-18-14-8-13(9-3-4-9)19-15-11(14)6-10(16)7-12(15)17/h6-9H,2-5H2,1H3,(H,18,19). The van der Waals surface area contributed by atoms with Crippen LogP contribution in [0.5, 0.6) is 0 Å². The van der Waals surface area contributed by atoms with Crippen molar-refractivity contribution in [1.82, 2.24) is 4.98 Å². The lowest BCUT2D eigenvalue weighted by Gasteiger charge is -2.11. The van der Waals surface area contributed by atoms with Gasteiger partial charge in [0.2, 0.25) is 0 Å². The summed E-state index contributed by atoms with van der Waals surface area (Å²) >= 11 is 0. The fourth-order valence-electron chi connectivity index (χ4n) is 2.27. The van der Waals surface area contributed by atoms with Gasteiger partial charge in [-0.25, -0.2) is 13.8 Å². The van der Waals surface area contributed by atoms with Gasteiger partial charge in [-0.1, -0.05) is 6.92 Å². The zero-order chi connectivity index (χ0) is 13.4. The monoisotopic (exact) mass is 262 g/mol. The van der Waals surface area contributed by atoms with Crippen LogP contribution in [0.2, 0.25) is 0 Å². The lowest BCUT2D eigenvalue weighted by molar-refractivity contribution is 0.590. The first-order valence-corrected chi connectivity index (χ1v) is 6.72. The van der Waals surface area contributed by atoms with Gasteiger partial charge < -0.3 is 5.32 Å². The number of benzene rings is 1. The molecule has 1 fully saturated rings. The molecule has 0 aliphatic heterocycles. The Hall–Kier alpha value is -1.71. The quantitative estimate of drug-likeness (QED) is 0.892. The summed E-state index contributed by atoms with van der Waals surface area (Å²) in [4.78, 5) is 4.36. The van der Waals surface area contributed by atoms with Crippen LogP contribution in [0, 0.1) is 11.6 Å². The fraction of sp³-hybridized carbons (Fsp3) is 0.400. The van der Waals surface area contributed by atoms with Crippen LogP contribution in [0.1, 0.15) is 37.8 Å². The van der Waals surface area contributed by atoms with E-state index >= 15 is 0 Å². The Kier molecular flexibility index (Phi) is 3.09. The van der Waals surface area contributed by atoms with Gasteiger partial charge in [0.05, 0.1) is 0 Å². The van der Waals surface area contributed by atoms with E-state index in [-0.39, 0.29) is 5.52 Å². The Morgan fingerprint density at radius 3 is 2.74 bits per heavy atom. The summed E-state index contributed by atoms with van der Waals surface area (Å²) in [5.74, 6) is -0.710. The van der Waals surface area contributed by atoms with Crippen molar-refractivity contribution < 1.29 is 8.78 Å². The Morgan fingerprint density at radius 2 is 2.05 bits per heavy atom. The Balaban J connectivity index is 2.17. The summed E-state index contributed by atoms with van der Waals surface area (Å²) in [6, 6.07) is 4.18. The molecular formula is C15H16F2N2. The van der Waals surface area contributed by atoms with Crippen LogP contribution in [-0.2, 0) is 0 Å². The maximum absolute atomic E-state index is 13.9. The molecule has 3 rings (SSSR count). The Morgan fingerprint density at radius 1 is 1.26 bits per heavy atom. The van der Waals surface area contributed by atoms with Gasteiger partial charge in [-0.2, -0.15) is 0 Å². The van der Waals surface area contributed by atoms with Crippen LogP contribution in [-0.4, -0.2) is 11.5 Å². The molecule has 0 unspecified atom stereocenters. The van der Waals surface area contributed by atoms with E-state index in [1.807, 2.05) is 6.07 Å². The highest BCUT2D eigenvalue weighted by molar-refractivity contribution is 5.92. The van der Waals surface area contributed by atoms with E-state index in [1.165, 1.54) is 6.07 Å². The molecule has 0 bridgehead atoms. The number of nitrogens with zero attached hydrogens (tertiary/aromatic N) is 1. The molecule has 0 atom stereocenters. The third kappa shape index (κ3) is 2.39. The average molecular weight is 262 g/mol. The highest BCUT2D eigenvalue weighted by atomic mass is 19.1. The van der Waals surface area contributed by atoms with Gasteiger partial charge in [0.1, 0.15) is 11.3 Å². The number of pyridine rings is 1. The first-order valence-electron chi connectivity index (χ1n) is 6.72. The molecule has 1 aliphatic rings. The average Bonchev–Trinajstić information content (AvgIpc) is 3.20. The van der Waals surface area contributed by atoms with Gasteiger partial charge in [0, 0.05) is 35.3 Å². The summed E-state index contributed by atoms with van der Waals surface area (Å²) in [5, 5.41) is 3.76. The molecule has 19 heavy (non-hydrogen) atoms. The molecule has 0 spiro atoms. The SMILES string of the molecule is CCCNc1cc(C2CC2)nc2c(F)cc(F)cc12. The second-order valence-corrected chi connectivity index (χ2v) is 5.08. The van der Waals surface area contributed by atoms with Crippen molar-refractivity contribution in [1.29, 1.82) is 0 Å². The lowest BCUT2D eigenvalue weighted by Crippen LogP contribution is -2.03. The normalized spacial score (nSPS) is 14.9. The van der Waals surface area contributed by atoms with E-state index in [2.05, 4.69) is 17.2 Å². The lowest BCUT2D eigenvalue weighted by atomic mass is 10.1. The van der Waals surface area contributed by atoms with Gasteiger partial charge >= 0.3 is 0 Å². The molecule has 4 heteroatoms. The van der Waals surface area contributed by atoms with Crippen LogP contribution in [0.15, 0.2) is 18.2 Å². The first-order chi connectivity index (χ1) is 9.19. The molecule has 1 heterocycles. The molecule has 0 amide bonds. The predicted octanol–water partition coefficient (Wildman–Crippen LogP) is 4.21. The molecule has 2 aromatic rings. The number of nitrogens with one attached hydrogen (secondary N) is 1. The van der Waals surface area contributed by atoms with Gasteiger partial charge in [-0.05, 0) is 31.4 Å². The molecule has 1 aliphatic carbocycles. The molecule has 0 radical (unpaired) electrons. The number of anilines is 1. The van der Waals surface area contributed by atoms with E-state index < -0.39 is 11.6 Å². The summed E-state index contributed by atoms with van der Waals surface area (Å²) in [6.45, 7) is 2.83. The number of fused-ring (bicyclic) bond motifs is 1. The van der Waals surface area contributed by atoms with Gasteiger partial charge in [0.15, 0.2) is 5.82 Å². The smallest absolute Gasteiger partial charge is 0.152 e. The number of halogens is 2. The highest BCUT2D eigenvalue weighted by Crippen LogP contribution is 2.41. The minimum atomic E-state index is -0.586. The maximum atomic E-state index is 13.9. The Labute approximate surface area is 110 Å². The van der Waals surface area contributed by atoms with Crippen molar-refractivity contribution in [2.24, 2.45) is 0 Å². The summed E-state index contributed by atoms with van der Waals surface area (Å²) in [7, 11) is 0. The highest BCUT2D eigenvalue weighted by Gasteiger charge is 2.26. The van der Waals surface area contributed by atoms with Crippen molar-refractivity contribution in [3.8, 4) is 0 Å². The van der Waals surface area contributed by atoms with Crippen molar-refractivity contribution >= 4 is 16.6 Å². The number of hydrogen-bond donors (Lipinski definition) is 1. The van der Waals surface area contributed by atoms with E-state index in [4.69, 9.17) is 0 Å². The van der Waals surface area contributed by atoms with Crippen LogP contribution in [0.25, 0.3) is 10.9 Å². The second kappa shape index (κ2) is 4.76. The molecule has 0 saturated heterocycles. The van der Waals surface area contributed by atoms with E-state index in [9.17, 15) is 8.78 Å². The molecular weight excluding hydrogens is 246 g/mol. The third-order valence-corrected chi connectivity index (χ3v) is 3.41. The van der Waals surface area contributed by atoms with Crippen LogP contribution < -0.4 is 5.32 Å². The summed E-state index contributed by atoms with van der Waals surface area (Å²) in [6.07, 6.45) is 3.17. The molecule has 100 valence electrons. The molecule has 1 N–H and O–H groups in total. The van der Waals surface area contributed by atoms with E-state index in [0.29, 0.717) is 11.3 Å². The zero-order valence-electron chi connectivity index (χ0n) is 10.8. The minimum absolute atomic E-state index is 0.268. The van der Waals surface area contributed by atoms with Gasteiger partial charge in [0.25, 0.3) is 0 Å². The molecule has 1 aromatic heterocycles. The fourth-order valence-corrected chi connectivity index (χ4v) is 2.27. The Bertz CT molecular complexity index is 621. The second-order valence-electron chi connectivity index (χ2n) is 5.08. The van der Waals surface area contributed by atoms with Crippen molar-refractivity contribution in [2.45, 2.75) is 32.1 Å². The molecule has 2 nitrogen and oxygen atoms in total. The van der Waals surface area contributed by atoms with Crippen LogP contribution in [0.3, 0.4) is 0 Å². The van der Waals surface area contributed by atoms with E-state index in [1.54, 1.807) is 0 Å². The van der Waals surface area contributed by atoms with Crippen molar-refractivity contribution in [3.05, 3.63) is 35.5 Å². The van der Waals surface area contributed by atoms with Crippen molar-refractivity contribution in [2.75, 3.05) is 11.9 Å². The predicted molar refractivity (Wildman–Crippen MR) is 72.4 cm³/mol. The van der Waals surface area contributed by atoms with Gasteiger partial charge in [-0.15, -0.1) is 0 Å². The van der Waals surface area contributed by atoms with Crippen molar-refractivity contribution in [3.63, 3.8) is 0 Å². The minimum Gasteiger partial charge on any atom is -0.384 e. The first kappa shape index (κ1) is 12.3. The van der Waals surface area contributed by atoms with Gasteiger partial charge in [-0.3, -0.25) is 0 Å². The largest absolute Gasteiger partial charge is 0.384 e. The van der Waals surface area contributed by atoms with Crippen LogP contribution >= 0.6 is 0 Å². The topological polar surface area (TPSA) is 24.9 Å².